The van der Waals surface area contributed by atoms with Crippen LogP contribution < -0.4 is 35.3 Å². The van der Waals surface area contributed by atoms with Gasteiger partial charge in [-0.1, -0.05) is 24.3 Å². The van der Waals surface area contributed by atoms with Gasteiger partial charge in [-0.3, -0.25) is 24.3 Å². The van der Waals surface area contributed by atoms with E-state index in [4.69, 9.17) is 15.2 Å². The molecule has 0 aliphatic carbocycles. The van der Waals surface area contributed by atoms with Crippen molar-refractivity contribution in [2.24, 2.45) is 5.73 Å². The number of non-ortho nitro benzene ring substituents is 1. The van der Waals surface area contributed by atoms with Crippen LogP contribution in [-0.4, -0.2) is 29.6 Å². The van der Waals surface area contributed by atoms with Gasteiger partial charge < -0.3 is 20.5 Å². The lowest BCUT2D eigenvalue weighted by Crippen LogP contribution is -2.40. The first-order valence-electron chi connectivity index (χ1n) is 12.5. The number of nitro benzene ring substituents is 1. The van der Waals surface area contributed by atoms with Crippen LogP contribution >= 0.6 is 11.3 Å². The Morgan fingerprint density at radius 2 is 1.76 bits per heavy atom. The number of hydrogen-bond donors (Lipinski definition) is 2. The lowest BCUT2D eigenvalue weighted by molar-refractivity contribution is -0.384. The quantitative estimate of drug-likeness (QED) is 0.249. The van der Waals surface area contributed by atoms with Gasteiger partial charge in [-0.05, 0) is 53.6 Å². The van der Waals surface area contributed by atoms with E-state index in [1.807, 2.05) is 0 Å². The fourth-order valence-corrected chi connectivity index (χ4v) is 5.84. The molecule has 0 spiro atoms. The van der Waals surface area contributed by atoms with Crippen molar-refractivity contribution in [3.05, 3.63) is 119 Å². The Morgan fingerprint density at radius 3 is 2.40 bits per heavy atom. The summed E-state index contributed by atoms with van der Waals surface area (Å²) in [6.45, 7) is 0. The Kier molecular flexibility index (Phi) is 7.59. The number of nitrogens with zero attached hydrogens (tertiary/aromatic N) is 3. The van der Waals surface area contributed by atoms with E-state index in [1.54, 1.807) is 54.6 Å². The number of fused-ring (bicyclic) bond motifs is 1. The number of aromatic nitrogens is 1. The van der Waals surface area contributed by atoms with Gasteiger partial charge in [-0.2, -0.15) is 5.26 Å². The predicted molar refractivity (Wildman–Crippen MR) is 158 cm³/mol. The minimum absolute atomic E-state index is 0.0115. The summed E-state index contributed by atoms with van der Waals surface area (Å²) >= 11 is 1.06. The second-order valence-corrected chi connectivity index (χ2v) is 10.2. The molecule has 1 atom stereocenters. The van der Waals surface area contributed by atoms with Gasteiger partial charge in [0.2, 0.25) is 0 Å². The first kappa shape index (κ1) is 27.9. The summed E-state index contributed by atoms with van der Waals surface area (Å²) in [5, 5.41) is 24.1. The molecular weight excluding hydrogens is 558 g/mol. The van der Waals surface area contributed by atoms with E-state index in [0.717, 1.165) is 11.3 Å². The number of hydrogen-bond acceptors (Lipinski definition) is 9. The van der Waals surface area contributed by atoms with Gasteiger partial charge in [0.15, 0.2) is 0 Å². The molecule has 1 unspecified atom stereocenters. The zero-order valence-corrected chi connectivity index (χ0v) is 23.2. The number of nitrogens with two attached hydrogens (primary N) is 1. The van der Waals surface area contributed by atoms with Crippen molar-refractivity contribution in [2.75, 3.05) is 19.5 Å². The number of rotatable bonds is 7. The molecule has 0 saturated carbocycles. The van der Waals surface area contributed by atoms with Gasteiger partial charge in [-0.25, -0.2) is 0 Å². The second-order valence-electron chi connectivity index (χ2n) is 9.13. The lowest BCUT2D eigenvalue weighted by atomic mass is 9.83. The van der Waals surface area contributed by atoms with Crippen LogP contribution in [0.4, 0.5) is 11.4 Å². The van der Waals surface area contributed by atoms with Crippen LogP contribution in [0.2, 0.25) is 0 Å². The zero-order valence-electron chi connectivity index (χ0n) is 22.4. The highest BCUT2D eigenvalue weighted by atomic mass is 32.1. The van der Waals surface area contributed by atoms with Crippen molar-refractivity contribution >= 4 is 46.1 Å². The third kappa shape index (κ3) is 5.12. The SMILES string of the molecule is COc1cccc(/C=c2\sc3n(c2=O)C(N)=C(C#N)C(c2cccc(OC)c2)C=3C(=O)Nc2ccc([N+](=O)[O-])cc2)c1. The van der Waals surface area contributed by atoms with Crippen LogP contribution in [-0.2, 0) is 4.79 Å². The molecule has 2 heterocycles. The largest absolute Gasteiger partial charge is 0.497 e. The van der Waals surface area contributed by atoms with Crippen molar-refractivity contribution in [3.8, 4) is 17.6 Å². The molecule has 42 heavy (non-hydrogen) atoms. The Labute approximate surface area is 242 Å². The molecule has 5 rings (SSSR count). The molecule has 4 aromatic rings. The molecule has 3 aromatic carbocycles. The number of benzene rings is 3. The number of nitrogens with one attached hydrogen (secondary N) is 1. The highest BCUT2D eigenvalue weighted by molar-refractivity contribution is 7.07. The Morgan fingerprint density at radius 1 is 1.10 bits per heavy atom. The number of allylic oxidation sites excluding steroid dienone is 1. The highest BCUT2D eigenvalue weighted by Crippen LogP contribution is 2.37. The van der Waals surface area contributed by atoms with Crippen molar-refractivity contribution in [2.45, 2.75) is 5.92 Å². The first-order chi connectivity index (χ1) is 20.2. The van der Waals surface area contributed by atoms with Crippen molar-refractivity contribution in [1.82, 2.24) is 4.57 Å². The molecule has 1 aromatic heterocycles. The summed E-state index contributed by atoms with van der Waals surface area (Å²) in [5.74, 6) is -0.534. The third-order valence-electron chi connectivity index (χ3n) is 6.67. The Balaban J connectivity index is 1.77. The van der Waals surface area contributed by atoms with E-state index in [-0.39, 0.29) is 37.5 Å². The molecule has 210 valence electrons. The van der Waals surface area contributed by atoms with Crippen LogP contribution in [0, 0.1) is 21.4 Å². The summed E-state index contributed by atoms with van der Waals surface area (Å²) in [5.41, 5.74) is 7.48. The average molecular weight is 582 g/mol. The number of methoxy groups -OCH3 is 2. The van der Waals surface area contributed by atoms with Crippen LogP contribution in [0.3, 0.4) is 0 Å². The maximum atomic E-state index is 14.0. The second kappa shape index (κ2) is 11.4. The monoisotopic (exact) mass is 581 g/mol. The average Bonchev–Trinajstić information content (AvgIpc) is 3.32. The van der Waals surface area contributed by atoms with Crippen LogP contribution in [0.15, 0.2) is 83.2 Å². The molecule has 0 radical (unpaired) electrons. The third-order valence-corrected chi connectivity index (χ3v) is 7.78. The number of nitro groups is 1. The number of thiazole rings is 1. The summed E-state index contributed by atoms with van der Waals surface area (Å²) in [6, 6.07) is 21.4. The topological polar surface area (TPSA) is 163 Å². The van der Waals surface area contributed by atoms with Gasteiger partial charge >= 0.3 is 0 Å². The molecule has 0 fully saturated rings. The number of nitriles is 1. The number of carbonyl (C=O) groups excluding carboxylic acids is 1. The Bertz CT molecular complexity index is 1990. The molecule has 1 amide bonds. The van der Waals surface area contributed by atoms with Gasteiger partial charge in [0.25, 0.3) is 17.2 Å². The first-order valence-corrected chi connectivity index (χ1v) is 13.3. The number of ether oxygens (including phenoxy) is 2. The molecule has 1 aliphatic rings. The smallest absolute Gasteiger partial charge is 0.274 e. The molecule has 11 nitrogen and oxygen atoms in total. The van der Waals surface area contributed by atoms with E-state index < -0.39 is 22.3 Å². The lowest BCUT2D eigenvalue weighted by Gasteiger charge is -2.25. The van der Waals surface area contributed by atoms with Crippen molar-refractivity contribution in [3.63, 3.8) is 0 Å². The van der Waals surface area contributed by atoms with E-state index in [1.165, 1.54) is 43.1 Å². The van der Waals surface area contributed by atoms with Crippen molar-refractivity contribution < 1.29 is 19.2 Å². The molecular formula is C30H23N5O6S. The van der Waals surface area contributed by atoms with Crippen LogP contribution in [0.1, 0.15) is 17.0 Å². The highest BCUT2D eigenvalue weighted by Gasteiger charge is 2.36. The van der Waals surface area contributed by atoms with Crippen molar-refractivity contribution in [1.29, 1.82) is 5.26 Å². The Hall–Kier alpha value is -5.67. The summed E-state index contributed by atoms with van der Waals surface area (Å²) in [4.78, 5) is 38.2. The predicted octanol–water partition coefficient (Wildman–Crippen LogP) is 2.90. The molecule has 0 saturated heterocycles. The number of carbonyl (C=O) groups is 1. The van der Waals surface area contributed by atoms with Crippen LogP contribution in [0.5, 0.6) is 11.5 Å². The maximum Gasteiger partial charge on any atom is 0.274 e. The zero-order chi connectivity index (χ0) is 30.0. The van der Waals surface area contributed by atoms with E-state index in [2.05, 4.69) is 11.4 Å². The normalized spacial score (nSPS) is 14.6. The van der Waals surface area contributed by atoms with Gasteiger partial charge in [0.05, 0.1) is 46.8 Å². The maximum absolute atomic E-state index is 14.0. The molecule has 3 N–H and O–H groups in total. The van der Waals surface area contributed by atoms with E-state index in [0.29, 0.717) is 22.6 Å². The molecule has 0 bridgehead atoms. The minimum atomic E-state index is -0.939. The summed E-state index contributed by atoms with van der Waals surface area (Å²) in [7, 11) is 3.04. The standard InChI is InChI=1S/C30H23N5O6S/c1-40-21-7-3-5-17(13-21)14-24-29(37)34-27(32)23(16-31)25(18-6-4-8-22(15-18)41-2)26(30(34)42-24)28(36)33-19-9-11-20(12-10-19)35(38)39/h3-15,25H,32H2,1-2H3,(H,33,36)/b24-14-. The van der Waals surface area contributed by atoms with Gasteiger partial charge in [0.1, 0.15) is 22.0 Å². The summed E-state index contributed by atoms with van der Waals surface area (Å²) in [6.07, 6.45) is 1.66. The van der Waals surface area contributed by atoms with Gasteiger partial charge in [0, 0.05) is 17.8 Å². The van der Waals surface area contributed by atoms with Crippen LogP contribution in [0.25, 0.3) is 17.5 Å². The van der Waals surface area contributed by atoms with E-state index >= 15 is 0 Å². The molecule has 1 aliphatic heterocycles. The summed E-state index contributed by atoms with van der Waals surface area (Å²) < 4.78 is 12.4. The van der Waals surface area contributed by atoms with Gasteiger partial charge in [-0.15, -0.1) is 11.3 Å². The fraction of sp³-hybridized carbons (Fsp3) is 0.100. The fourth-order valence-electron chi connectivity index (χ4n) is 4.67. The molecule has 12 heteroatoms. The number of amides is 1. The number of anilines is 1. The van der Waals surface area contributed by atoms with E-state index in [9.17, 15) is 25.0 Å². The minimum Gasteiger partial charge on any atom is -0.497 e.